The van der Waals surface area contributed by atoms with E-state index in [-0.39, 0.29) is 12.0 Å². The monoisotopic (exact) mass is 276 g/mol. The zero-order valence-corrected chi connectivity index (χ0v) is 11.5. The largest absolute Gasteiger partial charge is 0.396 e. The van der Waals surface area contributed by atoms with Crippen molar-refractivity contribution in [3.8, 4) is 0 Å². The molecule has 0 aliphatic heterocycles. The Bertz CT molecular complexity index is 596. The van der Waals surface area contributed by atoms with Crippen LogP contribution in [0.4, 0.5) is 0 Å². The Morgan fingerprint density at radius 1 is 1.32 bits per heavy atom. The number of halogens is 1. The standard InChI is InChI=1S/C15H17ClN2O/c16-13-4-3-11(14-12(13)2-1-7-18-14)8-17-9-15(10-19)5-6-15/h1-4,7,17,19H,5-6,8-10H2. The maximum Gasteiger partial charge on any atom is 0.0761 e. The molecule has 1 fully saturated rings. The van der Waals surface area contributed by atoms with Gasteiger partial charge in [-0.2, -0.15) is 0 Å². The number of hydrogen-bond acceptors (Lipinski definition) is 3. The van der Waals surface area contributed by atoms with Gasteiger partial charge in [0.05, 0.1) is 5.52 Å². The molecule has 3 rings (SSSR count). The SMILES string of the molecule is OCC1(CNCc2ccc(Cl)c3cccnc23)CC1. The summed E-state index contributed by atoms with van der Waals surface area (Å²) in [7, 11) is 0. The summed E-state index contributed by atoms with van der Waals surface area (Å²) in [5, 5.41) is 14.4. The average molecular weight is 277 g/mol. The summed E-state index contributed by atoms with van der Waals surface area (Å²) < 4.78 is 0. The van der Waals surface area contributed by atoms with Crippen molar-refractivity contribution in [1.82, 2.24) is 10.3 Å². The van der Waals surface area contributed by atoms with Crippen molar-refractivity contribution in [3.63, 3.8) is 0 Å². The summed E-state index contributed by atoms with van der Waals surface area (Å²) in [6.45, 7) is 1.90. The molecule has 1 aromatic carbocycles. The van der Waals surface area contributed by atoms with Gasteiger partial charge in [0.15, 0.2) is 0 Å². The van der Waals surface area contributed by atoms with Crippen LogP contribution in [0.5, 0.6) is 0 Å². The molecule has 0 radical (unpaired) electrons. The van der Waals surface area contributed by atoms with Crippen LogP contribution in [0.1, 0.15) is 18.4 Å². The van der Waals surface area contributed by atoms with E-state index in [1.54, 1.807) is 6.20 Å². The maximum absolute atomic E-state index is 9.29. The van der Waals surface area contributed by atoms with Gasteiger partial charge in [-0.15, -0.1) is 0 Å². The molecule has 1 heterocycles. The van der Waals surface area contributed by atoms with E-state index >= 15 is 0 Å². The third kappa shape index (κ3) is 2.59. The second-order valence-corrected chi connectivity index (χ2v) is 5.77. The molecule has 1 aliphatic carbocycles. The Morgan fingerprint density at radius 3 is 2.89 bits per heavy atom. The zero-order chi connectivity index (χ0) is 13.3. The van der Waals surface area contributed by atoms with E-state index in [1.165, 1.54) is 0 Å². The molecular formula is C15H17ClN2O. The lowest BCUT2D eigenvalue weighted by molar-refractivity contribution is 0.207. The fraction of sp³-hybridized carbons (Fsp3) is 0.400. The molecule has 0 spiro atoms. The number of aliphatic hydroxyl groups is 1. The summed E-state index contributed by atoms with van der Waals surface area (Å²) in [6, 6.07) is 7.82. The van der Waals surface area contributed by atoms with Crippen LogP contribution < -0.4 is 5.32 Å². The van der Waals surface area contributed by atoms with Gasteiger partial charge in [0.25, 0.3) is 0 Å². The number of hydrogen-bond donors (Lipinski definition) is 2. The Balaban J connectivity index is 1.76. The molecule has 3 nitrogen and oxygen atoms in total. The van der Waals surface area contributed by atoms with Crippen LogP contribution in [0.3, 0.4) is 0 Å². The number of benzene rings is 1. The van der Waals surface area contributed by atoms with Gasteiger partial charge in [-0.3, -0.25) is 4.98 Å². The molecular weight excluding hydrogens is 260 g/mol. The smallest absolute Gasteiger partial charge is 0.0761 e. The first-order valence-electron chi connectivity index (χ1n) is 6.58. The molecule has 0 saturated heterocycles. The van der Waals surface area contributed by atoms with E-state index in [4.69, 9.17) is 11.6 Å². The Kier molecular flexibility index (Phi) is 3.44. The fourth-order valence-corrected chi connectivity index (χ4v) is 2.58. The number of fused-ring (bicyclic) bond motifs is 1. The molecule has 1 aliphatic rings. The predicted octanol–water partition coefficient (Wildman–Crippen LogP) is 2.75. The molecule has 0 atom stereocenters. The van der Waals surface area contributed by atoms with E-state index in [1.807, 2.05) is 24.3 Å². The first kappa shape index (κ1) is 12.9. The van der Waals surface area contributed by atoms with Gasteiger partial charge in [0.1, 0.15) is 0 Å². The number of nitrogens with zero attached hydrogens (tertiary/aromatic N) is 1. The van der Waals surface area contributed by atoms with Crippen LogP contribution in [0.25, 0.3) is 10.9 Å². The first-order valence-corrected chi connectivity index (χ1v) is 6.96. The summed E-state index contributed by atoms with van der Waals surface area (Å²) in [5.74, 6) is 0. The van der Waals surface area contributed by atoms with Gasteiger partial charge in [-0.1, -0.05) is 17.7 Å². The molecule has 1 aromatic heterocycles. The van der Waals surface area contributed by atoms with Crippen molar-refractivity contribution < 1.29 is 5.11 Å². The molecule has 1 saturated carbocycles. The third-order valence-electron chi connectivity index (χ3n) is 3.91. The summed E-state index contributed by atoms with van der Waals surface area (Å²) in [5.41, 5.74) is 2.24. The van der Waals surface area contributed by atoms with Gasteiger partial charge in [-0.05, 0) is 36.6 Å². The average Bonchev–Trinajstić information content (AvgIpc) is 3.22. The highest BCUT2D eigenvalue weighted by atomic mass is 35.5. The molecule has 0 amide bonds. The highest BCUT2D eigenvalue weighted by Crippen LogP contribution is 2.44. The predicted molar refractivity (Wildman–Crippen MR) is 77.2 cm³/mol. The van der Waals surface area contributed by atoms with Crippen molar-refractivity contribution in [1.29, 1.82) is 0 Å². The van der Waals surface area contributed by atoms with Crippen LogP contribution in [0, 0.1) is 5.41 Å². The zero-order valence-electron chi connectivity index (χ0n) is 10.7. The molecule has 19 heavy (non-hydrogen) atoms. The highest BCUT2D eigenvalue weighted by Gasteiger charge is 2.41. The number of aromatic nitrogens is 1. The molecule has 2 aromatic rings. The Labute approximate surface area is 117 Å². The lowest BCUT2D eigenvalue weighted by atomic mass is 10.1. The molecule has 2 N–H and O–H groups in total. The second-order valence-electron chi connectivity index (χ2n) is 5.37. The lowest BCUT2D eigenvalue weighted by Crippen LogP contribution is -2.26. The Hall–Kier alpha value is -1.16. The van der Waals surface area contributed by atoms with E-state index < -0.39 is 0 Å². The minimum Gasteiger partial charge on any atom is -0.396 e. The Morgan fingerprint density at radius 2 is 2.16 bits per heavy atom. The van der Waals surface area contributed by atoms with E-state index in [0.29, 0.717) is 0 Å². The van der Waals surface area contributed by atoms with Gasteiger partial charge >= 0.3 is 0 Å². The highest BCUT2D eigenvalue weighted by molar-refractivity contribution is 6.35. The van der Waals surface area contributed by atoms with Crippen molar-refractivity contribution in [3.05, 3.63) is 41.0 Å². The number of nitrogens with one attached hydrogen (secondary N) is 1. The lowest BCUT2D eigenvalue weighted by Gasteiger charge is -2.13. The van der Waals surface area contributed by atoms with Crippen molar-refractivity contribution in [2.24, 2.45) is 5.41 Å². The minimum atomic E-state index is 0.135. The van der Waals surface area contributed by atoms with Gasteiger partial charge in [0, 0.05) is 41.7 Å². The van der Waals surface area contributed by atoms with Crippen molar-refractivity contribution in [2.75, 3.05) is 13.2 Å². The van der Waals surface area contributed by atoms with Crippen LogP contribution in [-0.2, 0) is 6.54 Å². The normalized spacial score (nSPS) is 16.7. The first-order chi connectivity index (χ1) is 9.24. The topological polar surface area (TPSA) is 45.1 Å². The van der Waals surface area contributed by atoms with Gasteiger partial charge in [0.2, 0.25) is 0 Å². The van der Waals surface area contributed by atoms with Crippen LogP contribution >= 0.6 is 11.6 Å². The van der Waals surface area contributed by atoms with E-state index in [0.717, 1.165) is 47.4 Å². The third-order valence-corrected chi connectivity index (χ3v) is 4.24. The molecule has 0 bridgehead atoms. The van der Waals surface area contributed by atoms with Gasteiger partial charge < -0.3 is 10.4 Å². The number of rotatable bonds is 5. The van der Waals surface area contributed by atoms with Crippen molar-refractivity contribution >= 4 is 22.5 Å². The second kappa shape index (κ2) is 5.08. The number of pyridine rings is 1. The van der Waals surface area contributed by atoms with Crippen LogP contribution in [0.15, 0.2) is 30.5 Å². The summed E-state index contributed by atoms with van der Waals surface area (Å²) in [4.78, 5) is 4.42. The molecule has 4 heteroatoms. The summed E-state index contributed by atoms with van der Waals surface area (Å²) >= 11 is 6.17. The van der Waals surface area contributed by atoms with Crippen molar-refractivity contribution in [2.45, 2.75) is 19.4 Å². The minimum absolute atomic E-state index is 0.135. The maximum atomic E-state index is 9.29. The van der Waals surface area contributed by atoms with Crippen LogP contribution in [-0.4, -0.2) is 23.2 Å². The summed E-state index contributed by atoms with van der Waals surface area (Å²) in [6.07, 6.45) is 4.03. The quantitative estimate of drug-likeness (QED) is 0.883. The van der Waals surface area contributed by atoms with Crippen LogP contribution in [0.2, 0.25) is 5.02 Å². The van der Waals surface area contributed by atoms with Gasteiger partial charge in [-0.25, -0.2) is 0 Å². The molecule has 100 valence electrons. The molecule has 0 unspecified atom stereocenters. The number of aliphatic hydroxyl groups excluding tert-OH is 1. The van der Waals surface area contributed by atoms with E-state index in [2.05, 4.69) is 10.3 Å². The van der Waals surface area contributed by atoms with E-state index in [9.17, 15) is 5.11 Å². The fourth-order valence-electron chi connectivity index (χ4n) is 2.37.